The summed E-state index contributed by atoms with van der Waals surface area (Å²) in [4.78, 5) is 2.47. The van der Waals surface area contributed by atoms with Crippen LogP contribution >= 0.6 is 0 Å². The largest absolute Gasteiger partial charge is 0.456 e. The minimum atomic E-state index is -0.478. The normalized spacial score (nSPS) is 12.9. The minimum absolute atomic E-state index is 0.478. The highest BCUT2D eigenvalue weighted by atomic mass is 16.3. The van der Waals surface area contributed by atoms with Crippen molar-refractivity contribution < 1.29 is 4.42 Å². The molecule has 59 heavy (non-hydrogen) atoms. The van der Waals surface area contributed by atoms with Crippen LogP contribution in [0.15, 0.2) is 229 Å². The van der Waals surface area contributed by atoms with Crippen molar-refractivity contribution in [3.8, 4) is 22.3 Å². The molecule has 1 aliphatic rings. The number of benzene rings is 10. The summed E-state index contributed by atoms with van der Waals surface area (Å²) in [6.45, 7) is 0. The van der Waals surface area contributed by atoms with E-state index in [0.717, 1.165) is 44.6 Å². The summed E-state index contributed by atoms with van der Waals surface area (Å²) in [6.07, 6.45) is 0. The quantitative estimate of drug-likeness (QED) is 0.157. The van der Waals surface area contributed by atoms with Crippen molar-refractivity contribution in [3.05, 3.63) is 247 Å². The molecule has 1 heterocycles. The third-order valence-electron chi connectivity index (χ3n) is 12.5. The standard InChI is InChI=1S/C57H37NO/c1-3-17-39(18-4-1)57(51-28-14-11-23-45(51)46-24-12-15-29-52(46)57)40-32-34-42(35-33-40)58(41-19-5-2-6-20-41)56-49-27-10-8-22-44(49)43-21-7-9-26-48(43)55(56)38-31-36-54-50(37-38)47-25-13-16-30-53(47)59-54/h1-37H. The van der Waals surface area contributed by atoms with Crippen molar-refractivity contribution >= 4 is 60.5 Å². The maximum absolute atomic E-state index is 6.34. The van der Waals surface area contributed by atoms with Crippen molar-refractivity contribution in [1.29, 1.82) is 0 Å². The van der Waals surface area contributed by atoms with Crippen LogP contribution in [0.2, 0.25) is 0 Å². The predicted octanol–water partition coefficient (Wildman–Crippen LogP) is 15.4. The Kier molecular flexibility index (Phi) is 7.48. The molecule has 0 unspecified atom stereocenters. The SMILES string of the molecule is c1ccc(N(c2ccc(C3(c4ccccc4)c4ccccc4-c4ccccc43)cc2)c2c(-c3ccc4oc5ccccc5c4c3)c3ccccc3c3ccccc23)cc1. The van der Waals surface area contributed by atoms with Gasteiger partial charge in [0, 0.05) is 33.1 Å². The van der Waals surface area contributed by atoms with Crippen molar-refractivity contribution in [2.75, 3.05) is 4.90 Å². The van der Waals surface area contributed by atoms with Crippen molar-refractivity contribution in [2.24, 2.45) is 0 Å². The molecule has 0 saturated carbocycles. The topological polar surface area (TPSA) is 16.4 Å². The zero-order chi connectivity index (χ0) is 38.9. The van der Waals surface area contributed by atoms with Gasteiger partial charge in [-0.15, -0.1) is 0 Å². The first-order valence-electron chi connectivity index (χ1n) is 20.3. The lowest BCUT2D eigenvalue weighted by molar-refractivity contribution is 0.669. The fourth-order valence-corrected chi connectivity index (χ4v) is 10.1. The molecule has 0 fully saturated rings. The second kappa shape index (κ2) is 13.2. The van der Waals surface area contributed by atoms with Crippen LogP contribution < -0.4 is 4.90 Å². The zero-order valence-electron chi connectivity index (χ0n) is 32.2. The van der Waals surface area contributed by atoms with Gasteiger partial charge >= 0.3 is 0 Å². The molecular formula is C57H37NO. The Balaban J connectivity index is 1.14. The molecule has 2 nitrogen and oxygen atoms in total. The number of rotatable bonds is 6. The Morgan fingerprint density at radius 3 is 1.53 bits per heavy atom. The first kappa shape index (κ1) is 33.5. The Labute approximate surface area is 342 Å². The highest BCUT2D eigenvalue weighted by Gasteiger charge is 2.45. The van der Waals surface area contributed by atoms with Gasteiger partial charge in [-0.05, 0) is 97.6 Å². The molecule has 0 radical (unpaired) electrons. The summed E-state index contributed by atoms with van der Waals surface area (Å²) in [5, 5.41) is 7.06. The summed E-state index contributed by atoms with van der Waals surface area (Å²) in [7, 11) is 0. The molecule has 0 N–H and O–H groups in total. The smallest absolute Gasteiger partial charge is 0.135 e. The van der Waals surface area contributed by atoms with Crippen LogP contribution in [-0.2, 0) is 5.41 Å². The summed E-state index contributed by atoms with van der Waals surface area (Å²) in [5.74, 6) is 0. The first-order chi connectivity index (χ1) is 29.3. The van der Waals surface area contributed by atoms with E-state index in [1.54, 1.807) is 0 Å². The second-order valence-corrected chi connectivity index (χ2v) is 15.5. The maximum atomic E-state index is 6.34. The van der Waals surface area contributed by atoms with E-state index in [4.69, 9.17) is 4.42 Å². The maximum Gasteiger partial charge on any atom is 0.135 e. The fraction of sp³-hybridized carbons (Fsp3) is 0.0175. The van der Waals surface area contributed by atoms with E-state index in [1.807, 2.05) is 6.07 Å². The number of anilines is 3. The highest BCUT2D eigenvalue weighted by Crippen LogP contribution is 2.57. The van der Waals surface area contributed by atoms with Gasteiger partial charge in [-0.3, -0.25) is 0 Å². The van der Waals surface area contributed by atoms with Crippen LogP contribution in [0.1, 0.15) is 22.3 Å². The van der Waals surface area contributed by atoms with Gasteiger partial charge in [0.1, 0.15) is 11.2 Å². The molecule has 0 aliphatic heterocycles. The van der Waals surface area contributed by atoms with Gasteiger partial charge in [-0.2, -0.15) is 0 Å². The Morgan fingerprint density at radius 2 is 0.831 bits per heavy atom. The number of para-hydroxylation sites is 2. The lowest BCUT2D eigenvalue weighted by atomic mass is 9.67. The van der Waals surface area contributed by atoms with E-state index in [1.165, 1.54) is 60.5 Å². The lowest BCUT2D eigenvalue weighted by Gasteiger charge is -2.35. The average Bonchev–Trinajstić information content (AvgIpc) is 3.84. The molecule has 10 aromatic carbocycles. The van der Waals surface area contributed by atoms with E-state index in [9.17, 15) is 0 Å². The Hall–Kier alpha value is -7.68. The van der Waals surface area contributed by atoms with Gasteiger partial charge in [0.25, 0.3) is 0 Å². The Bertz CT molecular complexity index is 3330. The summed E-state index contributed by atoms with van der Waals surface area (Å²) < 4.78 is 6.34. The third-order valence-corrected chi connectivity index (χ3v) is 12.5. The van der Waals surface area contributed by atoms with E-state index >= 15 is 0 Å². The lowest BCUT2D eigenvalue weighted by Crippen LogP contribution is -2.28. The number of hydrogen-bond acceptors (Lipinski definition) is 2. The molecule has 0 atom stereocenters. The minimum Gasteiger partial charge on any atom is -0.456 e. The van der Waals surface area contributed by atoms with E-state index < -0.39 is 5.41 Å². The molecule has 276 valence electrons. The molecule has 0 amide bonds. The monoisotopic (exact) mass is 751 g/mol. The van der Waals surface area contributed by atoms with Crippen molar-refractivity contribution in [3.63, 3.8) is 0 Å². The van der Waals surface area contributed by atoms with Gasteiger partial charge < -0.3 is 9.32 Å². The van der Waals surface area contributed by atoms with E-state index in [-0.39, 0.29) is 0 Å². The fourth-order valence-electron chi connectivity index (χ4n) is 10.1. The second-order valence-electron chi connectivity index (χ2n) is 15.5. The summed E-state index contributed by atoms with van der Waals surface area (Å²) in [5.41, 5.74) is 14.6. The number of nitrogens with zero attached hydrogens (tertiary/aromatic N) is 1. The first-order valence-corrected chi connectivity index (χ1v) is 20.3. The number of fused-ring (bicyclic) bond motifs is 9. The van der Waals surface area contributed by atoms with Crippen LogP contribution in [0.3, 0.4) is 0 Å². The molecular weight excluding hydrogens is 715 g/mol. The molecule has 0 bridgehead atoms. The number of furan rings is 1. The van der Waals surface area contributed by atoms with E-state index in [2.05, 4.69) is 223 Å². The molecule has 0 spiro atoms. The molecule has 11 aromatic rings. The summed E-state index contributed by atoms with van der Waals surface area (Å²) >= 11 is 0. The number of hydrogen-bond donors (Lipinski definition) is 0. The summed E-state index contributed by atoms with van der Waals surface area (Å²) in [6, 6.07) is 81.9. The third kappa shape index (κ3) is 4.93. The Morgan fingerprint density at radius 1 is 0.339 bits per heavy atom. The van der Waals surface area contributed by atoms with Gasteiger partial charge in [0.05, 0.1) is 11.1 Å². The van der Waals surface area contributed by atoms with Gasteiger partial charge in [0.15, 0.2) is 0 Å². The van der Waals surface area contributed by atoms with Gasteiger partial charge in [-0.25, -0.2) is 0 Å². The van der Waals surface area contributed by atoms with Gasteiger partial charge in [-0.1, -0.05) is 182 Å². The zero-order valence-corrected chi connectivity index (χ0v) is 32.2. The van der Waals surface area contributed by atoms with Crippen LogP contribution in [0.4, 0.5) is 17.1 Å². The highest BCUT2D eigenvalue weighted by molar-refractivity contribution is 6.23. The van der Waals surface area contributed by atoms with Crippen LogP contribution in [0.25, 0.3) is 65.7 Å². The van der Waals surface area contributed by atoms with Crippen LogP contribution in [0.5, 0.6) is 0 Å². The molecule has 12 rings (SSSR count). The van der Waals surface area contributed by atoms with E-state index in [0.29, 0.717) is 0 Å². The van der Waals surface area contributed by atoms with Crippen molar-refractivity contribution in [2.45, 2.75) is 5.41 Å². The van der Waals surface area contributed by atoms with Crippen LogP contribution in [-0.4, -0.2) is 0 Å². The molecule has 0 saturated heterocycles. The molecule has 2 heteroatoms. The molecule has 1 aliphatic carbocycles. The average molecular weight is 752 g/mol. The van der Waals surface area contributed by atoms with Crippen LogP contribution in [0, 0.1) is 0 Å². The van der Waals surface area contributed by atoms with Crippen molar-refractivity contribution in [1.82, 2.24) is 0 Å². The predicted molar refractivity (Wildman–Crippen MR) is 246 cm³/mol. The van der Waals surface area contributed by atoms with Gasteiger partial charge in [0.2, 0.25) is 0 Å². The molecule has 1 aromatic heterocycles.